The van der Waals surface area contributed by atoms with E-state index in [0.29, 0.717) is 6.10 Å². The van der Waals surface area contributed by atoms with Gasteiger partial charge in [0.05, 0.1) is 0 Å². The summed E-state index contributed by atoms with van der Waals surface area (Å²) in [5.74, 6) is 0.791. The Bertz CT molecular complexity index is 173. The Hall–Kier alpha value is 0.467. The lowest BCUT2D eigenvalue weighted by Crippen LogP contribution is -2.41. The van der Waals surface area contributed by atoms with Crippen LogP contribution in [-0.4, -0.2) is 19.9 Å². The van der Waals surface area contributed by atoms with Crippen molar-refractivity contribution in [1.82, 2.24) is 0 Å². The zero-order valence-corrected chi connectivity index (χ0v) is 11.4. The maximum atomic E-state index is 6.24. The maximum Gasteiger partial charge on any atom is 0.201 e. The van der Waals surface area contributed by atoms with Crippen LogP contribution in [0.5, 0.6) is 0 Å². The van der Waals surface area contributed by atoms with Crippen LogP contribution in [0.3, 0.4) is 0 Å². The maximum absolute atomic E-state index is 6.24. The average Bonchev–Trinajstić information content (AvgIpc) is 2.18. The Morgan fingerprint density at radius 1 is 1.29 bits per heavy atom. The molecule has 0 aromatic carbocycles. The molecule has 0 aromatic heterocycles. The molecule has 1 aliphatic rings. The van der Waals surface area contributed by atoms with Gasteiger partial charge in [0.2, 0.25) is 8.32 Å². The largest absolute Gasteiger partial charge is 0.413 e. The summed E-state index contributed by atoms with van der Waals surface area (Å²) in [7, 11) is -1.56. The van der Waals surface area contributed by atoms with E-state index in [1.165, 1.54) is 32.1 Å². The van der Waals surface area contributed by atoms with Crippen molar-refractivity contribution in [3.05, 3.63) is 0 Å². The van der Waals surface area contributed by atoms with Gasteiger partial charge in [-0.2, -0.15) is 0 Å². The van der Waals surface area contributed by atoms with Crippen LogP contribution in [0.1, 0.15) is 39.0 Å². The molecule has 0 bridgehead atoms. The van der Waals surface area contributed by atoms with Gasteiger partial charge >= 0.3 is 0 Å². The molecule has 0 aromatic rings. The minimum absolute atomic E-state index is 0.508. The third kappa shape index (κ3) is 3.56. The fourth-order valence-corrected chi connectivity index (χ4v) is 3.62. The number of alkyl halides is 1. The van der Waals surface area contributed by atoms with Crippen LogP contribution >= 0.6 is 11.6 Å². The van der Waals surface area contributed by atoms with Crippen LogP contribution in [0, 0.1) is 5.92 Å². The zero-order valence-electron chi connectivity index (χ0n) is 9.68. The van der Waals surface area contributed by atoms with Crippen LogP contribution in [0.2, 0.25) is 13.1 Å². The SMILES string of the molecule is CCC1CCCCC1O[Si](C)(C)CCl. The molecule has 0 N–H and O–H groups in total. The molecule has 1 fully saturated rings. The Morgan fingerprint density at radius 2 is 1.93 bits per heavy atom. The molecule has 0 radical (unpaired) electrons. The van der Waals surface area contributed by atoms with Crippen molar-refractivity contribution in [1.29, 1.82) is 0 Å². The van der Waals surface area contributed by atoms with E-state index >= 15 is 0 Å². The van der Waals surface area contributed by atoms with Gasteiger partial charge in [-0.05, 0) is 31.9 Å². The van der Waals surface area contributed by atoms with E-state index in [-0.39, 0.29) is 0 Å². The highest BCUT2D eigenvalue weighted by Crippen LogP contribution is 2.31. The first kappa shape index (κ1) is 12.5. The smallest absolute Gasteiger partial charge is 0.201 e. The summed E-state index contributed by atoms with van der Waals surface area (Å²) in [6.07, 6.45) is 7.11. The van der Waals surface area contributed by atoms with Gasteiger partial charge in [0.25, 0.3) is 0 Å². The third-order valence-electron chi connectivity index (χ3n) is 3.16. The highest BCUT2D eigenvalue weighted by molar-refractivity contribution is 6.77. The van der Waals surface area contributed by atoms with Gasteiger partial charge in [-0.1, -0.05) is 26.2 Å². The molecule has 2 unspecified atom stereocenters. The van der Waals surface area contributed by atoms with Crippen molar-refractivity contribution >= 4 is 19.9 Å². The Kier molecular flexibility index (Phi) is 4.95. The molecule has 1 aliphatic carbocycles. The molecule has 0 amide bonds. The predicted octanol–water partition coefficient (Wildman–Crippen LogP) is 3.95. The normalized spacial score (nSPS) is 29.1. The highest BCUT2D eigenvalue weighted by atomic mass is 35.5. The van der Waals surface area contributed by atoms with Crippen molar-refractivity contribution in [2.45, 2.75) is 58.2 Å². The Balaban J connectivity index is 2.48. The molecule has 14 heavy (non-hydrogen) atoms. The topological polar surface area (TPSA) is 9.23 Å². The fourth-order valence-electron chi connectivity index (χ4n) is 2.24. The molecule has 84 valence electrons. The molecule has 3 heteroatoms. The second-order valence-corrected chi connectivity index (χ2v) is 9.83. The Labute approximate surface area is 94.3 Å². The van der Waals surface area contributed by atoms with E-state index < -0.39 is 8.32 Å². The molecule has 0 spiro atoms. The second kappa shape index (κ2) is 5.52. The molecule has 2 atom stereocenters. The van der Waals surface area contributed by atoms with E-state index in [2.05, 4.69) is 20.0 Å². The van der Waals surface area contributed by atoms with Gasteiger partial charge in [0.15, 0.2) is 0 Å². The average molecular weight is 235 g/mol. The first-order chi connectivity index (χ1) is 6.59. The van der Waals surface area contributed by atoms with Gasteiger partial charge in [-0.3, -0.25) is 0 Å². The first-order valence-corrected chi connectivity index (χ1v) is 9.48. The highest BCUT2D eigenvalue weighted by Gasteiger charge is 2.31. The zero-order chi connectivity index (χ0) is 10.6. The fraction of sp³-hybridized carbons (Fsp3) is 1.00. The quantitative estimate of drug-likeness (QED) is 0.529. The van der Waals surface area contributed by atoms with E-state index in [0.717, 1.165) is 11.4 Å². The summed E-state index contributed by atoms with van der Waals surface area (Å²) >= 11 is 5.94. The van der Waals surface area contributed by atoms with Gasteiger partial charge in [0, 0.05) is 11.6 Å². The minimum atomic E-state index is -1.56. The van der Waals surface area contributed by atoms with Gasteiger partial charge in [0.1, 0.15) is 0 Å². The minimum Gasteiger partial charge on any atom is -0.413 e. The van der Waals surface area contributed by atoms with Crippen LogP contribution in [0.15, 0.2) is 0 Å². The third-order valence-corrected chi connectivity index (χ3v) is 6.67. The molecule has 1 nitrogen and oxygen atoms in total. The second-order valence-electron chi connectivity index (χ2n) is 5.00. The van der Waals surface area contributed by atoms with E-state index in [4.69, 9.17) is 16.0 Å². The van der Waals surface area contributed by atoms with Crippen molar-refractivity contribution in [2.75, 3.05) is 5.50 Å². The van der Waals surface area contributed by atoms with Crippen molar-refractivity contribution in [3.63, 3.8) is 0 Å². The molecule has 0 saturated heterocycles. The van der Waals surface area contributed by atoms with Crippen molar-refractivity contribution in [2.24, 2.45) is 5.92 Å². The van der Waals surface area contributed by atoms with Crippen LogP contribution in [-0.2, 0) is 4.43 Å². The summed E-state index contributed by atoms with van der Waals surface area (Å²) in [5.41, 5.74) is 0.722. The molecular formula is C11H23ClOSi. The van der Waals surface area contributed by atoms with Crippen molar-refractivity contribution in [3.8, 4) is 0 Å². The first-order valence-electron chi connectivity index (χ1n) is 5.83. The van der Waals surface area contributed by atoms with Gasteiger partial charge in [-0.15, -0.1) is 11.6 Å². The summed E-state index contributed by atoms with van der Waals surface area (Å²) in [5, 5.41) is 0. The van der Waals surface area contributed by atoms with E-state index in [1.807, 2.05) is 0 Å². The monoisotopic (exact) mass is 234 g/mol. The number of rotatable bonds is 4. The summed E-state index contributed by atoms with van der Waals surface area (Å²) < 4.78 is 6.24. The lowest BCUT2D eigenvalue weighted by atomic mass is 9.85. The lowest BCUT2D eigenvalue weighted by Gasteiger charge is -2.36. The number of halogens is 1. The van der Waals surface area contributed by atoms with Crippen LogP contribution in [0.4, 0.5) is 0 Å². The molecular weight excluding hydrogens is 212 g/mol. The molecule has 1 rings (SSSR count). The van der Waals surface area contributed by atoms with E-state index in [1.54, 1.807) is 0 Å². The molecule has 0 heterocycles. The van der Waals surface area contributed by atoms with Crippen LogP contribution < -0.4 is 0 Å². The van der Waals surface area contributed by atoms with Gasteiger partial charge < -0.3 is 4.43 Å². The summed E-state index contributed by atoms with van der Waals surface area (Å²) in [6.45, 7) is 6.73. The molecule has 0 aliphatic heterocycles. The van der Waals surface area contributed by atoms with Crippen molar-refractivity contribution < 1.29 is 4.43 Å². The molecule has 1 saturated carbocycles. The lowest BCUT2D eigenvalue weighted by molar-refractivity contribution is 0.0836. The summed E-state index contributed by atoms with van der Waals surface area (Å²) in [4.78, 5) is 0. The van der Waals surface area contributed by atoms with Crippen LogP contribution in [0.25, 0.3) is 0 Å². The number of hydrogen-bond donors (Lipinski definition) is 0. The van der Waals surface area contributed by atoms with E-state index in [9.17, 15) is 0 Å². The predicted molar refractivity (Wildman–Crippen MR) is 65.3 cm³/mol. The summed E-state index contributed by atoms with van der Waals surface area (Å²) in [6, 6.07) is 0. The number of hydrogen-bond acceptors (Lipinski definition) is 1. The standard InChI is InChI=1S/C11H23ClOSi/c1-4-10-7-5-6-8-11(10)13-14(2,3)9-12/h10-11H,4-9H2,1-3H3. The Morgan fingerprint density at radius 3 is 2.50 bits per heavy atom. The van der Waals surface area contributed by atoms with Gasteiger partial charge in [-0.25, -0.2) is 0 Å².